The van der Waals surface area contributed by atoms with E-state index in [0.717, 1.165) is 35.8 Å². The Morgan fingerprint density at radius 3 is 2.65 bits per heavy atom. The molecule has 1 aliphatic heterocycles. The molecule has 0 bridgehead atoms. The van der Waals surface area contributed by atoms with Crippen LogP contribution in [-0.4, -0.2) is 18.9 Å². The molecule has 20 heavy (non-hydrogen) atoms. The van der Waals surface area contributed by atoms with Crippen molar-refractivity contribution in [1.82, 2.24) is 5.32 Å². The van der Waals surface area contributed by atoms with Crippen molar-refractivity contribution in [2.24, 2.45) is 0 Å². The van der Waals surface area contributed by atoms with Crippen molar-refractivity contribution in [1.29, 1.82) is 0 Å². The molecule has 0 saturated heterocycles. The summed E-state index contributed by atoms with van der Waals surface area (Å²) in [5.74, 6) is 2.37. The molecule has 0 fully saturated rings. The third-order valence-electron chi connectivity index (χ3n) is 2.94. The van der Waals surface area contributed by atoms with Crippen molar-refractivity contribution < 1.29 is 14.2 Å². The van der Waals surface area contributed by atoms with Gasteiger partial charge in [-0.05, 0) is 33.3 Å². The molecule has 0 aliphatic carbocycles. The number of hydrogen-bond acceptors (Lipinski definition) is 4. The highest BCUT2D eigenvalue weighted by atomic mass is 16.7. The van der Waals surface area contributed by atoms with Crippen LogP contribution in [0.25, 0.3) is 0 Å². The van der Waals surface area contributed by atoms with Crippen LogP contribution < -0.4 is 19.5 Å². The van der Waals surface area contributed by atoms with Crippen molar-refractivity contribution in [2.75, 3.05) is 13.4 Å². The third-order valence-corrected chi connectivity index (χ3v) is 2.94. The summed E-state index contributed by atoms with van der Waals surface area (Å²) in [5, 5.41) is 3.46. The summed E-state index contributed by atoms with van der Waals surface area (Å²) in [6, 6.07) is 3.90. The second-order valence-electron chi connectivity index (χ2n) is 5.84. The van der Waals surface area contributed by atoms with Gasteiger partial charge in [0, 0.05) is 23.7 Å². The summed E-state index contributed by atoms with van der Waals surface area (Å²) < 4.78 is 16.7. The summed E-state index contributed by atoms with van der Waals surface area (Å²) in [7, 11) is 0. The topological polar surface area (TPSA) is 39.7 Å². The van der Waals surface area contributed by atoms with Crippen molar-refractivity contribution in [3.63, 3.8) is 0 Å². The summed E-state index contributed by atoms with van der Waals surface area (Å²) in [6.45, 7) is 11.7. The van der Waals surface area contributed by atoms with Gasteiger partial charge in [0.2, 0.25) is 6.79 Å². The van der Waals surface area contributed by atoms with E-state index in [1.54, 1.807) is 0 Å². The van der Waals surface area contributed by atoms with E-state index in [2.05, 4.69) is 32.7 Å². The third kappa shape index (κ3) is 3.90. The van der Waals surface area contributed by atoms with Crippen molar-refractivity contribution in [3.8, 4) is 17.2 Å². The molecule has 0 saturated carbocycles. The molecule has 4 nitrogen and oxygen atoms in total. The van der Waals surface area contributed by atoms with Crippen LogP contribution in [0.2, 0.25) is 0 Å². The fraction of sp³-hybridized carbons (Fsp3) is 0.500. The Bertz CT molecular complexity index is 477. The highest BCUT2D eigenvalue weighted by Crippen LogP contribution is 2.38. The van der Waals surface area contributed by atoms with Gasteiger partial charge >= 0.3 is 0 Å². The van der Waals surface area contributed by atoms with Gasteiger partial charge in [-0.15, -0.1) is 6.58 Å². The van der Waals surface area contributed by atoms with E-state index in [0.29, 0.717) is 6.61 Å². The lowest BCUT2D eigenvalue weighted by molar-refractivity contribution is 0.173. The van der Waals surface area contributed by atoms with Gasteiger partial charge in [-0.1, -0.05) is 6.08 Å². The van der Waals surface area contributed by atoms with Gasteiger partial charge in [-0.3, -0.25) is 0 Å². The highest BCUT2D eigenvalue weighted by molar-refractivity contribution is 5.51. The molecular weight excluding hydrogens is 254 g/mol. The molecular formula is C16H23NO3. The lowest BCUT2D eigenvalue weighted by atomic mass is 10.1. The Hall–Kier alpha value is -1.68. The molecule has 0 atom stereocenters. The average molecular weight is 277 g/mol. The quantitative estimate of drug-likeness (QED) is 0.640. The molecule has 110 valence electrons. The first-order valence-electron chi connectivity index (χ1n) is 6.91. The number of benzene rings is 1. The van der Waals surface area contributed by atoms with E-state index in [1.165, 1.54) is 0 Å². The highest BCUT2D eigenvalue weighted by Gasteiger charge is 2.19. The molecule has 0 unspecified atom stereocenters. The molecule has 2 rings (SSSR count). The van der Waals surface area contributed by atoms with Gasteiger partial charge in [0.05, 0.1) is 6.61 Å². The number of hydrogen-bond donors (Lipinski definition) is 1. The number of fused-ring (bicyclic) bond motifs is 1. The van der Waals surface area contributed by atoms with E-state index < -0.39 is 0 Å². The van der Waals surface area contributed by atoms with Gasteiger partial charge in [-0.25, -0.2) is 0 Å². The number of nitrogens with one attached hydrogen (secondary N) is 1. The van der Waals surface area contributed by atoms with Gasteiger partial charge in [0.15, 0.2) is 11.5 Å². The van der Waals surface area contributed by atoms with Crippen LogP contribution in [0.1, 0.15) is 32.8 Å². The maximum atomic E-state index is 5.82. The van der Waals surface area contributed by atoms with E-state index in [4.69, 9.17) is 14.2 Å². The van der Waals surface area contributed by atoms with E-state index >= 15 is 0 Å². The predicted molar refractivity (Wildman–Crippen MR) is 79.5 cm³/mol. The predicted octanol–water partition coefficient (Wildman–Crippen LogP) is 3.26. The van der Waals surface area contributed by atoms with Crippen LogP contribution in [0.4, 0.5) is 0 Å². The Kier molecular flexibility index (Phi) is 4.55. The first kappa shape index (κ1) is 14.7. The molecule has 1 aromatic rings. The first-order valence-corrected chi connectivity index (χ1v) is 6.91. The Morgan fingerprint density at radius 2 is 2.00 bits per heavy atom. The van der Waals surface area contributed by atoms with Crippen molar-refractivity contribution in [3.05, 3.63) is 30.4 Å². The average Bonchev–Trinajstić information content (AvgIpc) is 2.82. The van der Waals surface area contributed by atoms with E-state index in [9.17, 15) is 0 Å². The van der Waals surface area contributed by atoms with E-state index in [-0.39, 0.29) is 12.3 Å². The molecule has 0 spiro atoms. The minimum atomic E-state index is 0.0504. The van der Waals surface area contributed by atoms with Crippen LogP contribution in [0.5, 0.6) is 17.2 Å². The Labute approximate surface area is 120 Å². The number of ether oxygens (including phenoxy) is 3. The molecule has 0 aromatic heterocycles. The van der Waals surface area contributed by atoms with Gasteiger partial charge in [-0.2, -0.15) is 0 Å². The summed E-state index contributed by atoms with van der Waals surface area (Å²) in [6.07, 6.45) is 2.67. The molecule has 1 heterocycles. The van der Waals surface area contributed by atoms with Crippen LogP contribution in [0.3, 0.4) is 0 Å². The standard InChI is InChI=1S/C16H23NO3/c1-5-6-7-18-13-9-15-14(19-11-20-15)8-12(13)10-17-16(2,3)4/h5,8-9,17H,1,6-7,10-11H2,2-4H3. The van der Waals surface area contributed by atoms with Crippen LogP contribution >= 0.6 is 0 Å². The monoisotopic (exact) mass is 277 g/mol. The molecule has 1 aliphatic rings. The maximum absolute atomic E-state index is 5.82. The SMILES string of the molecule is C=CCCOc1cc2c(cc1CNC(C)(C)C)OCO2. The maximum Gasteiger partial charge on any atom is 0.231 e. The first-order chi connectivity index (χ1) is 9.49. The van der Waals surface area contributed by atoms with Gasteiger partial charge < -0.3 is 19.5 Å². The zero-order valence-electron chi connectivity index (χ0n) is 12.5. The fourth-order valence-electron chi connectivity index (χ4n) is 1.85. The van der Waals surface area contributed by atoms with Gasteiger partial charge in [0.25, 0.3) is 0 Å². The van der Waals surface area contributed by atoms with Crippen molar-refractivity contribution >= 4 is 0 Å². The van der Waals surface area contributed by atoms with Gasteiger partial charge in [0.1, 0.15) is 5.75 Å². The molecule has 1 N–H and O–H groups in total. The normalized spacial score (nSPS) is 13.3. The Balaban J connectivity index is 2.15. The van der Waals surface area contributed by atoms with Crippen LogP contribution in [0.15, 0.2) is 24.8 Å². The summed E-state index contributed by atoms with van der Waals surface area (Å²) in [4.78, 5) is 0. The fourth-order valence-corrected chi connectivity index (χ4v) is 1.85. The molecule has 0 amide bonds. The minimum absolute atomic E-state index is 0.0504. The smallest absolute Gasteiger partial charge is 0.231 e. The summed E-state index contributed by atoms with van der Waals surface area (Å²) in [5.41, 5.74) is 1.13. The summed E-state index contributed by atoms with van der Waals surface area (Å²) >= 11 is 0. The largest absolute Gasteiger partial charge is 0.493 e. The van der Waals surface area contributed by atoms with E-state index in [1.807, 2.05) is 18.2 Å². The molecule has 4 heteroatoms. The molecule has 1 aromatic carbocycles. The zero-order valence-corrected chi connectivity index (χ0v) is 12.5. The van der Waals surface area contributed by atoms with Crippen molar-refractivity contribution in [2.45, 2.75) is 39.3 Å². The number of rotatable bonds is 6. The Morgan fingerprint density at radius 1 is 1.30 bits per heavy atom. The lowest BCUT2D eigenvalue weighted by Crippen LogP contribution is -2.35. The second-order valence-corrected chi connectivity index (χ2v) is 5.84. The second kappa shape index (κ2) is 6.18. The zero-order chi connectivity index (χ0) is 14.6. The van der Waals surface area contributed by atoms with Crippen LogP contribution in [-0.2, 0) is 6.54 Å². The lowest BCUT2D eigenvalue weighted by Gasteiger charge is -2.22. The van der Waals surface area contributed by atoms with Crippen LogP contribution in [0, 0.1) is 0 Å². The molecule has 0 radical (unpaired) electrons. The minimum Gasteiger partial charge on any atom is -0.493 e.